The van der Waals surface area contributed by atoms with Gasteiger partial charge in [-0.15, -0.1) is 0 Å². The molecule has 1 unspecified atom stereocenters. The van der Waals surface area contributed by atoms with Crippen LogP contribution in [0.2, 0.25) is 0 Å². The molecule has 45 heavy (non-hydrogen) atoms. The van der Waals surface area contributed by atoms with Gasteiger partial charge in [0.05, 0.1) is 16.7 Å². The van der Waals surface area contributed by atoms with Crippen LogP contribution in [0.3, 0.4) is 0 Å². The van der Waals surface area contributed by atoms with Gasteiger partial charge in [0.25, 0.3) is 0 Å². The molecule has 10 rings (SSSR count). The van der Waals surface area contributed by atoms with Crippen molar-refractivity contribution in [3.8, 4) is 16.8 Å². The summed E-state index contributed by atoms with van der Waals surface area (Å²) < 4.78 is 4.87. The highest BCUT2D eigenvalue weighted by molar-refractivity contribution is 6.27. The highest BCUT2D eigenvalue weighted by Crippen LogP contribution is 2.55. The van der Waals surface area contributed by atoms with Crippen LogP contribution >= 0.6 is 0 Å². The Morgan fingerprint density at radius 3 is 2.44 bits per heavy atom. The van der Waals surface area contributed by atoms with Crippen molar-refractivity contribution in [1.29, 1.82) is 0 Å². The summed E-state index contributed by atoms with van der Waals surface area (Å²) in [6.45, 7) is 0. The van der Waals surface area contributed by atoms with Gasteiger partial charge in [0.15, 0.2) is 0 Å². The maximum atomic E-state index is 4.37. The predicted molar refractivity (Wildman–Crippen MR) is 186 cm³/mol. The first-order chi connectivity index (χ1) is 22.4. The number of anilines is 2. The van der Waals surface area contributed by atoms with E-state index in [9.17, 15) is 0 Å². The lowest BCUT2D eigenvalue weighted by atomic mass is 9.92. The van der Waals surface area contributed by atoms with Crippen LogP contribution in [-0.2, 0) is 0 Å². The number of nitrogens with zero attached hydrogens (tertiary/aromatic N) is 4. The smallest absolute Gasteiger partial charge is 0.235 e. The Hall–Kier alpha value is -6.00. The number of allylic oxidation sites excluding steroid dienone is 2. The summed E-state index contributed by atoms with van der Waals surface area (Å²) in [5.41, 5.74) is 14.6. The molecule has 210 valence electrons. The molecular weight excluding hydrogens is 548 g/mol. The van der Waals surface area contributed by atoms with E-state index in [1.165, 1.54) is 61.4 Å². The highest BCUT2D eigenvalue weighted by atomic mass is 15.3. The van der Waals surface area contributed by atoms with Crippen LogP contribution in [-0.4, -0.2) is 21.3 Å². The van der Waals surface area contributed by atoms with Gasteiger partial charge < -0.3 is 9.47 Å². The lowest BCUT2D eigenvalue weighted by Gasteiger charge is -2.33. The van der Waals surface area contributed by atoms with Gasteiger partial charge in [-0.2, -0.15) is 4.58 Å². The van der Waals surface area contributed by atoms with Gasteiger partial charge in [-0.1, -0.05) is 84.9 Å². The fourth-order valence-corrected chi connectivity index (χ4v) is 7.71. The van der Waals surface area contributed by atoms with Crippen LogP contribution in [0.4, 0.5) is 22.7 Å². The molecule has 0 spiro atoms. The normalized spacial score (nSPS) is 16.1. The lowest BCUT2D eigenvalue weighted by molar-refractivity contribution is 0.933. The number of hydrogen-bond donors (Lipinski definition) is 0. The summed E-state index contributed by atoms with van der Waals surface area (Å²) in [5, 5.41) is 2.54. The Bertz CT molecular complexity index is 2430. The van der Waals surface area contributed by atoms with Crippen molar-refractivity contribution in [2.75, 3.05) is 4.90 Å². The molecule has 2 aromatic heterocycles. The number of para-hydroxylation sites is 4. The monoisotopic (exact) mass is 575 g/mol. The van der Waals surface area contributed by atoms with E-state index < -0.39 is 0 Å². The van der Waals surface area contributed by atoms with Crippen molar-refractivity contribution in [3.63, 3.8) is 0 Å². The molecule has 5 aromatic carbocycles. The SMILES string of the molecule is C1=CC2=[N+](c3ccccc3)c3ccccc3N3c4c(ccc5c4c4ccccc4n5-c4cccc(-c5cccnc5)c4)C(=C1)C23. The molecule has 0 bridgehead atoms. The molecule has 4 heteroatoms. The summed E-state index contributed by atoms with van der Waals surface area (Å²) in [7, 11) is 0. The standard InChI is InChI=1S/C41H27N4/c1-2-13-29(14-3-1)43-35-19-6-7-20-36(35)45-40-31(17-9-21-38(40)43)32-22-23-37-39(41(32)45)33-16-4-5-18-34(33)44(37)30-15-8-11-27(25-30)28-12-10-24-42-26-28/h1-26,40H/q+1. The predicted octanol–water partition coefficient (Wildman–Crippen LogP) is 9.61. The van der Waals surface area contributed by atoms with E-state index in [0.29, 0.717) is 0 Å². The summed E-state index contributed by atoms with van der Waals surface area (Å²) >= 11 is 0. The molecule has 3 aliphatic rings. The molecule has 0 saturated heterocycles. The van der Waals surface area contributed by atoms with Crippen molar-refractivity contribution in [2.24, 2.45) is 0 Å². The molecule has 0 fully saturated rings. The zero-order chi connectivity index (χ0) is 29.5. The van der Waals surface area contributed by atoms with Gasteiger partial charge in [-0.25, -0.2) is 0 Å². The van der Waals surface area contributed by atoms with Gasteiger partial charge in [-0.3, -0.25) is 4.98 Å². The van der Waals surface area contributed by atoms with Gasteiger partial charge in [0.2, 0.25) is 17.1 Å². The molecule has 0 radical (unpaired) electrons. The van der Waals surface area contributed by atoms with Gasteiger partial charge in [0.1, 0.15) is 11.7 Å². The van der Waals surface area contributed by atoms with Gasteiger partial charge in [-0.05, 0) is 47.5 Å². The Kier molecular flexibility index (Phi) is 5.02. The number of aromatic nitrogens is 2. The third-order valence-electron chi connectivity index (χ3n) is 9.49. The third kappa shape index (κ3) is 3.36. The van der Waals surface area contributed by atoms with Crippen molar-refractivity contribution in [2.45, 2.75) is 6.04 Å². The average Bonchev–Trinajstić information content (AvgIpc) is 3.63. The van der Waals surface area contributed by atoms with Crippen molar-refractivity contribution in [1.82, 2.24) is 14.1 Å². The highest BCUT2D eigenvalue weighted by Gasteiger charge is 2.49. The summed E-state index contributed by atoms with van der Waals surface area (Å²) in [4.78, 5) is 6.97. The molecule has 2 aliphatic heterocycles. The first kappa shape index (κ1) is 24.4. The summed E-state index contributed by atoms with van der Waals surface area (Å²) in [6.07, 6.45) is 10.6. The minimum absolute atomic E-state index is 0.0849. The fourth-order valence-electron chi connectivity index (χ4n) is 7.71. The summed E-state index contributed by atoms with van der Waals surface area (Å²) in [5.74, 6) is 0. The second kappa shape index (κ2) is 9.25. The quantitative estimate of drug-likeness (QED) is 0.196. The van der Waals surface area contributed by atoms with Crippen LogP contribution in [0.15, 0.2) is 158 Å². The fraction of sp³-hybridized carbons (Fsp3) is 0.0244. The largest absolute Gasteiger partial charge is 0.317 e. The topological polar surface area (TPSA) is 24.1 Å². The zero-order valence-electron chi connectivity index (χ0n) is 24.4. The number of pyridine rings is 1. The minimum atomic E-state index is 0.0849. The molecule has 0 saturated carbocycles. The van der Waals surface area contributed by atoms with E-state index in [0.717, 1.165) is 16.8 Å². The second-order valence-electron chi connectivity index (χ2n) is 11.8. The number of hydrogen-bond acceptors (Lipinski definition) is 2. The first-order valence-electron chi connectivity index (χ1n) is 15.4. The Balaban J connectivity index is 1.28. The maximum absolute atomic E-state index is 4.37. The Labute approximate surface area is 260 Å². The number of fused-ring (bicyclic) bond motifs is 9. The Morgan fingerprint density at radius 1 is 0.689 bits per heavy atom. The van der Waals surface area contributed by atoms with E-state index in [1.54, 1.807) is 0 Å². The molecule has 0 amide bonds. The lowest BCUT2D eigenvalue weighted by Crippen LogP contribution is -2.43. The van der Waals surface area contributed by atoms with Crippen LogP contribution in [0.25, 0.3) is 44.2 Å². The van der Waals surface area contributed by atoms with E-state index in [1.807, 2.05) is 18.5 Å². The van der Waals surface area contributed by atoms with Gasteiger partial charge >= 0.3 is 0 Å². The van der Waals surface area contributed by atoms with Gasteiger partial charge in [0, 0.05) is 64.3 Å². The average molecular weight is 576 g/mol. The molecule has 7 aromatic rings. The van der Waals surface area contributed by atoms with E-state index >= 15 is 0 Å². The second-order valence-corrected chi connectivity index (χ2v) is 11.8. The molecule has 0 N–H and O–H groups in total. The van der Waals surface area contributed by atoms with E-state index in [2.05, 4.69) is 159 Å². The van der Waals surface area contributed by atoms with Crippen molar-refractivity contribution in [3.05, 3.63) is 164 Å². The van der Waals surface area contributed by atoms with Crippen molar-refractivity contribution < 1.29 is 0 Å². The first-order valence-corrected chi connectivity index (χ1v) is 15.4. The molecular formula is C41H27N4+. The van der Waals surface area contributed by atoms with Crippen LogP contribution in [0.5, 0.6) is 0 Å². The number of rotatable bonds is 3. The van der Waals surface area contributed by atoms with E-state index in [-0.39, 0.29) is 6.04 Å². The number of benzene rings is 5. The zero-order valence-corrected chi connectivity index (χ0v) is 24.4. The Morgan fingerprint density at radius 2 is 1.53 bits per heavy atom. The van der Waals surface area contributed by atoms with E-state index in [4.69, 9.17) is 0 Å². The van der Waals surface area contributed by atoms with Crippen LogP contribution in [0.1, 0.15) is 5.56 Å². The third-order valence-corrected chi connectivity index (χ3v) is 9.49. The van der Waals surface area contributed by atoms with Crippen molar-refractivity contribution >= 4 is 55.8 Å². The molecule has 1 atom stereocenters. The van der Waals surface area contributed by atoms with Crippen LogP contribution in [0, 0.1) is 0 Å². The molecule has 4 heterocycles. The molecule has 4 nitrogen and oxygen atoms in total. The summed E-state index contributed by atoms with van der Waals surface area (Å²) in [6, 6.07) is 46.1. The minimum Gasteiger partial charge on any atom is -0.317 e. The molecule has 1 aliphatic carbocycles. The maximum Gasteiger partial charge on any atom is 0.235 e. The van der Waals surface area contributed by atoms with Crippen LogP contribution < -0.4 is 9.48 Å².